The average Bonchev–Trinajstić information content (AvgIpc) is 2.81. The summed E-state index contributed by atoms with van der Waals surface area (Å²) in [5.41, 5.74) is 0. The van der Waals surface area contributed by atoms with E-state index < -0.39 is 10.2 Å². The van der Waals surface area contributed by atoms with Crippen LogP contribution in [0.4, 0.5) is 0 Å². The van der Waals surface area contributed by atoms with Gasteiger partial charge in [-0.15, -0.1) is 0 Å². The van der Waals surface area contributed by atoms with Gasteiger partial charge in [-0.25, -0.2) is 0 Å². The molecule has 1 fully saturated rings. The Morgan fingerprint density at radius 2 is 2.06 bits per heavy atom. The summed E-state index contributed by atoms with van der Waals surface area (Å²) in [7, 11) is -3.34. The molecule has 1 N–H and O–H groups in total. The first kappa shape index (κ1) is 11.6. The molecule has 0 saturated carbocycles. The standard InChI is InChI=1S/C10H16N2O3S/c13-16(14,12-6-2-1-3-7-12)11-9-10-5-4-8-15-10/h4-5,8,11H,1-3,6-7,9H2. The molecule has 0 radical (unpaired) electrons. The molecule has 1 aromatic heterocycles. The van der Waals surface area contributed by atoms with Crippen LogP contribution >= 0.6 is 0 Å². The van der Waals surface area contributed by atoms with Gasteiger partial charge in [0.1, 0.15) is 5.76 Å². The highest BCUT2D eigenvalue weighted by Gasteiger charge is 2.23. The van der Waals surface area contributed by atoms with Crippen LogP contribution in [-0.4, -0.2) is 25.8 Å². The van der Waals surface area contributed by atoms with Crippen molar-refractivity contribution in [3.8, 4) is 0 Å². The molecule has 5 nitrogen and oxygen atoms in total. The molecule has 0 aromatic carbocycles. The van der Waals surface area contributed by atoms with Gasteiger partial charge in [-0.3, -0.25) is 0 Å². The summed E-state index contributed by atoms with van der Waals surface area (Å²) in [5, 5.41) is 0. The normalized spacial score (nSPS) is 18.8. The lowest BCUT2D eigenvalue weighted by Crippen LogP contribution is -2.43. The maximum atomic E-state index is 11.9. The zero-order valence-electron chi connectivity index (χ0n) is 9.05. The molecule has 16 heavy (non-hydrogen) atoms. The van der Waals surface area contributed by atoms with Gasteiger partial charge in [0.15, 0.2) is 0 Å². The van der Waals surface area contributed by atoms with Crippen molar-refractivity contribution in [1.82, 2.24) is 9.03 Å². The second kappa shape index (κ2) is 4.99. The van der Waals surface area contributed by atoms with E-state index in [4.69, 9.17) is 4.42 Å². The smallest absolute Gasteiger partial charge is 0.279 e. The number of hydrogen-bond donors (Lipinski definition) is 1. The third-order valence-corrected chi connectivity index (χ3v) is 4.22. The molecule has 90 valence electrons. The fourth-order valence-corrected chi connectivity index (χ4v) is 3.02. The number of nitrogens with zero attached hydrogens (tertiary/aromatic N) is 1. The quantitative estimate of drug-likeness (QED) is 0.862. The summed E-state index contributed by atoms with van der Waals surface area (Å²) in [6, 6.07) is 3.49. The van der Waals surface area contributed by atoms with E-state index in [-0.39, 0.29) is 6.54 Å². The van der Waals surface area contributed by atoms with Gasteiger partial charge in [-0.1, -0.05) is 6.42 Å². The Kier molecular flexibility index (Phi) is 3.63. The van der Waals surface area contributed by atoms with E-state index in [1.807, 2.05) is 0 Å². The zero-order valence-corrected chi connectivity index (χ0v) is 9.87. The molecule has 0 atom stereocenters. The molecule has 1 saturated heterocycles. The number of piperidine rings is 1. The summed E-state index contributed by atoms with van der Waals surface area (Å²) < 4.78 is 32.8. The van der Waals surface area contributed by atoms with Crippen molar-refractivity contribution in [2.75, 3.05) is 13.1 Å². The second-order valence-electron chi connectivity index (χ2n) is 3.87. The van der Waals surface area contributed by atoms with Crippen LogP contribution in [0.25, 0.3) is 0 Å². The molecule has 2 heterocycles. The van der Waals surface area contributed by atoms with Crippen LogP contribution in [0.2, 0.25) is 0 Å². The molecule has 1 aliphatic heterocycles. The summed E-state index contributed by atoms with van der Waals surface area (Å²) in [4.78, 5) is 0. The van der Waals surface area contributed by atoms with E-state index in [9.17, 15) is 8.42 Å². The molecule has 2 rings (SSSR count). The van der Waals surface area contributed by atoms with Gasteiger partial charge in [0.25, 0.3) is 10.2 Å². The van der Waals surface area contributed by atoms with Gasteiger partial charge < -0.3 is 4.42 Å². The highest BCUT2D eigenvalue weighted by Crippen LogP contribution is 2.12. The van der Waals surface area contributed by atoms with E-state index >= 15 is 0 Å². The SMILES string of the molecule is O=S(=O)(NCc1ccco1)N1CCCCC1. The van der Waals surface area contributed by atoms with Crippen molar-refractivity contribution in [3.63, 3.8) is 0 Å². The number of furan rings is 1. The van der Waals surface area contributed by atoms with Crippen molar-refractivity contribution in [3.05, 3.63) is 24.2 Å². The summed E-state index contributed by atoms with van der Waals surface area (Å²) in [6.07, 6.45) is 4.54. The highest BCUT2D eigenvalue weighted by atomic mass is 32.2. The lowest BCUT2D eigenvalue weighted by molar-refractivity contribution is 0.340. The molecule has 0 bridgehead atoms. The fraction of sp³-hybridized carbons (Fsp3) is 0.600. The Bertz CT molecular complexity index is 407. The van der Waals surface area contributed by atoms with Crippen molar-refractivity contribution in [1.29, 1.82) is 0 Å². The Morgan fingerprint density at radius 1 is 1.31 bits per heavy atom. The molecule has 1 aromatic rings. The van der Waals surface area contributed by atoms with Crippen LogP contribution in [0, 0.1) is 0 Å². The van der Waals surface area contributed by atoms with Crippen LogP contribution in [0.1, 0.15) is 25.0 Å². The van der Waals surface area contributed by atoms with Gasteiger partial charge in [0, 0.05) is 13.1 Å². The minimum absolute atomic E-state index is 0.214. The van der Waals surface area contributed by atoms with E-state index in [0.29, 0.717) is 18.8 Å². The second-order valence-corrected chi connectivity index (χ2v) is 5.62. The summed E-state index contributed by atoms with van der Waals surface area (Å²) in [5.74, 6) is 0.626. The Morgan fingerprint density at radius 3 is 2.69 bits per heavy atom. The largest absolute Gasteiger partial charge is 0.468 e. The van der Waals surface area contributed by atoms with E-state index in [0.717, 1.165) is 19.3 Å². The van der Waals surface area contributed by atoms with E-state index in [1.54, 1.807) is 12.1 Å². The molecule has 0 spiro atoms. The monoisotopic (exact) mass is 244 g/mol. The number of rotatable bonds is 4. The third kappa shape index (κ3) is 2.84. The molecular weight excluding hydrogens is 228 g/mol. The van der Waals surface area contributed by atoms with Gasteiger partial charge in [-0.05, 0) is 25.0 Å². The summed E-state index contributed by atoms with van der Waals surface area (Å²) in [6.45, 7) is 1.45. The average molecular weight is 244 g/mol. The van der Waals surface area contributed by atoms with E-state index in [1.165, 1.54) is 10.6 Å². The summed E-state index contributed by atoms with van der Waals surface area (Å²) >= 11 is 0. The van der Waals surface area contributed by atoms with Crippen LogP contribution in [0.15, 0.2) is 22.8 Å². The maximum Gasteiger partial charge on any atom is 0.279 e. The van der Waals surface area contributed by atoms with Crippen molar-refractivity contribution in [2.45, 2.75) is 25.8 Å². The Hall–Kier alpha value is -0.850. The number of nitrogens with one attached hydrogen (secondary N) is 1. The lowest BCUT2D eigenvalue weighted by atomic mass is 10.2. The van der Waals surface area contributed by atoms with Crippen molar-refractivity contribution < 1.29 is 12.8 Å². The lowest BCUT2D eigenvalue weighted by Gasteiger charge is -2.25. The Balaban J connectivity index is 1.91. The fourth-order valence-electron chi connectivity index (χ4n) is 1.77. The molecular formula is C10H16N2O3S. The zero-order chi connectivity index (χ0) is 11.4. The van der Waals surface area contributed by atoms with Gasteiger partial charge in [0.2, 0.25) is 0 Å². The highest BCUT2D eigenvalue weighted by molar-refractivity contribution is 7.87. The van der Waals surface area contributed by atoms with Crippen LogP contribution in [-0.2, 0) is 16.8 Å². The third-order valence-electron chi connectivity index (χ3n) is 2.66. The topological polar surface area (TPSA) is 62.6 Å². The predicted molar refractivity (Wildman–Crippen MR) is 59.9 cm³/mol. The van der Waals surface area contributed by atoms with Crippen molar-refractivity contribution in [2.24, 2.45) is 0 Å². The van der Waals surface area contributed by atoms with Crippen LogP contribution in [0.3, 0.4) is 0 Å². The maximum absolute atomic E-state index is 11.9. The Labute approximate surface area is 95.6 Å². The molecule has 0 unspecified atom stereocenters. The minimum Gasteiger partial charge on any atom is -0.468 e. The van der Waals surface area contributed by atoms with Crippen LogP contribution in [0.5, 0.6) is 0 Å². The number of hydrogen-bond acceptors (Lipinski definition) is 3. The van der Waals surface area contributed by atoms with Gasteiger partial charge in [0.05, 0.1) is 12.8 Å². The predicted octanol–water partition coefficient (Wildman–Crippen LogP) is 1.10. The first-order valence-electron chi connectivity index (χ1n) is 5.45. The van der Waals surface area contributed by atoms with Gasteiger partial charge in [-0.2, -0.15) is 17.4 Å². The van der Waals surface area contributed by atoms with Crippen LogP contribution < -0.4 is 4.72 Å². The molecule has 0 aliphatic carbocycles. The first-order chi connectivity index (χ1) is 7.68. The minimum atomic E-state index is -3.34. The molecule has 0 amide bonds. The van der Waals surface area contributed by atoms with E-state index in [2.05, 4.69) is 4.72 Å². The molecule has 1 aliphatic rings. The van der Waals surface area contributed by atoms with Gasteiger partial charge >= 0.3 is 0 Å². The first-order valence-corrected chi connectivity index (χ1v) is 6.89. The molecule has 6 heteroatoms. The van der Waals surface area contributed by atoms with Crippen molar-refractivity contribution >= 4 is 10.2 Å².